The molecule has 4 rings (SSSR count). The van der Waals surface area contributed by atoms with Gasteiger partial charge in [-0.15, -0.1) is 11.8 Å². The van der Waals surface area contributed by atoms with E-state index in [9.17, 15) is 4.79 Å². The maximum Gasteiger partial charge on any atom is 0.235 e. The van der Waals surface area contributed by atoms with Crippen LogP contribution in [-0.2, 0) is 4.79 Å². The lowest BCUT2D eigenvalue weighted by molar-refractivity contribution is -0.113. The van der Waals surface area contributed by atoms with E-state index >= 15 is 0 Å². The van der Waals surface area contributed by atoms with Crippen LogP contribution in [0.5, 0.6) is 11.5 Å². The Bertz CT molecular complexity index is 863. The van der Waals surface area contributed by atoms with Gasteiger partial charge in [-0.3, -0.25) is 9.89 Å². The van der Waals surface area contributed by atoms with E-state index in [-0.39, 0.29) is 11.2 Å². The van der Waals surface area contributed by atoms with Crippen molar-refractivity contribution in [3.63, 3.8) is 0 Å². The van der Waals surface area contributed by atoms with Gasteiger partial charge in [0.2, 0.25) is 5.91 Å². The maximum atomic E-state index is 11.8. The van der Waals surface area contributed by atoms with Crippen molar-refractivity contribution in [3.8, 4) is 11.5 Å². The average Bonchev–Trinajstić information content (AvgIpc) is 2.98. The number of para-hydroxylation sites is 1. The van der Waals surface area contributed by atoms with Crippen LogP contribution in [0.2, 0.25) is 0 Å². The molecule has 0 aliphatic carbocycles. The molecule has 0 bridgehead atoms. The molecule has 3 aromatic rings. The number of fused-ring (bicyclic) bond motifs is 1. The van der Waals surface area contributed by atoms with Crippen LogP contribution < -0.4 is 10.1 Å². The second-order valence-corrected chi connectivity index (χ2v) is 6.52. The Morgan fingerprint density at radius 1 is 1.08 bits per heavy atom. The predicted octanol–water partition coefficient (Wildman–Crippen LogP) is 3.98. The Hall–Kier alpha value is -2.73. The van der Waals surface area contributed by atoms with Crippen molar-refractivity contribution < 1.29 is 9.53 Å². The fraction of sp³-hybridized carbons (Fsp3) is 0.111. The van der Waals surface area contributed by atoms with Crippen molar-refractivity contribution in [2.24, 2.45) is 0 Å². The molecule has 1 atom stereocenters. The molecule has 0 radical (unpaired) electrons. The minimum atomic E-state index is -0.0234. The smallest absolute Gasteiger partial charge is 0.235 e. The van der Waals surface area contributed by atoms with Gasteiger partial charge in [-0.1, -0.05) is 30.3 Å². The van der Waals surface area contributed by atoms with Gasteiger partial charge < -0.3 is 10.1 Å². The molecule has 0 saturated carbocycles. The summed E-state index contributed by atoms with van der Waals surface area (Å²) >= 11 is 1.58. The van der Waals surface area contributed by atoms with Crippen LogP contribution in [0.3, 0.4) is 0 Å². The third kappa shape index (κ3) is 3.00. The molecule has 0 fully saturated rings. The van der Waals surface area contributed by atoms with Gasteiger partial charge in [-0.05, 0) is 29.8 Å². The highest BCUT2D eigenvalue weighted by Crippen LogP contribution is 2.41. The van der Waals surface area contributed by atoms with Crippen molar-refractivity contribution in [1.82, 2.24) is 10.2 Å². The number of aromatic nitrogens is 2. The van der Waals surface area contributed by atoms with Gasteiger partial charge in [0, 0.05) is 5.56 Å². The number of nitrogens with one attached hydrogen (secondary N) is 2. The molecular weight excluding hydrogens is 322 g/mol. The normalized spacial score (nSPS) is 16.8. The van der Waals surface area contributed by atoms with E-state index in [1.54, 1.807) is 18.0 Å². The molecule has 0 saturated heterocycles. The van der Waals surface area contributed by atoms with Crippen molar-refractivity contribution in [2.45, 2.75) is 5.25 Å². The lowest BCUT2D eigenvalue weighted by Gasteiger charge is -2.15. The number of rotatable bonds is 3. The lowest BCUT2D eigenvalue weighted by Crippen LogP contribution is -2.12. The van der Waals surface area contributed by atoms with Gasteiger partial charge in [0.05, 0.1) is 17.2 Å². The predicted molar refractivity (Wildman–Crippen MR) is 94.5 cm³/mol. The van der Waals surface area contributed by atoms with Crippen LogP contribution in [-0.4, -0.2) is 21.9 Å². The van der Waals surface area contributed by atoms with Crippen molar-refractivity contribution >= 4 is 23.5 Å². The quantitative estimate of drug-likeness (QED) is 0.759. The SMILES string of the molecule is O=C1CSC(c2cccc(Oc3ccccc3)c2)c2cn[nH]c2N1. The summed E-state index contributed by atoms with van der Waals surface area (Å²) in [5, 5.41) is 9.79. The molecule has 24 heavy (non-hydrogen) atoms. The highest BCUT2D eigenvalue weighted by atomic mass is 32.2. The molecule has 1 aliphatic heterocycles. The summed E-state index contributed by atoms with van der Waals surface area (Å²) in [6, 6.07) is 17.6. The molecule has 1 unspecified atom stereocenters. The summed E-state index contributed by atoms with van der Waals surface area (Å²) in [6.45, 7) is 0. The molecule has 2 aromatic carbocycles. The van der Waals surface area contributed by atoms with Gasteiger partial charge in [-0.25, -0.2) is 0 Å². The van der Waals surface area contributed by atoms with Crippen molar-refractivity contribution in [2.75, 3.05) is 11.1 Å². The number of carbonyl (C=O) groups excluding carboxylic acids is 1. The third-order valence-corrected chi connectivity index (χ3v) is 5.02. The molecule has 5 nitrogen and oxygen atoms in total. The summed E-state index contributed by atoms with van der Waals surface area (Å²) in [5.74, 6) is 2.61. The van der Waals surface area contributed by atoms with Gasteiger partial charge in [0.15, 0.2) is 0 Å². The summed E-state index contributed by atoms with van der Waals surface area (Å²) in [6.07, 6.45) is 1.77. The number of hydrogen-bond acceptors (Lipinski definition) is 4. The zero-order valence-corrected chi connectivity index (χ0v) is 13.5. The Labute approximate surface area is 143 Å². The monoisotopic (exact) mass is 337 g/mol. The fourth-order valence-electron chi connectivity index (χ4n) is 2.66. The minimum Gasteiger partial charge on any atom is -0.457 e. The number of hydrogen-bond donors (Lipinski definition) is 2. The molecule has 2 heterocycles. The van der Waals surface area contributed by atoms with Crippen LogP contribution in [0, 0.1) is 0 Å². The molecule has 2 N–H and O–H groups in total. The van der Waals surface area contributed by atoms with Gasteiger partial charge in [0.25, 0.3) is 0 Å². The number of aromatic amines is 1. The standard InChI is InChI=1S/C18H15N3O2S/c22-16-11-24-17(15-10-19-21-18(15)20-16)12-5-4-8-14(9-12)23-13-6-2-1-3-7-13/h1-10,17H,11H2,(H2,19,20,21,22). The lowest BCUT2D eigenvalue weighted by atomic mass is 10.1. The molecule has 1 aliphatic rings. The molecular formula is C18H15N3O2S. The first-order valence-corrected chi connectivity index (χ1v) is 8.62. The number of thioether (sulfide) groups is 1. The van der Waals surface area contributed by atoms with Crippen LogP contribution in [0.4, 0.5) is 5.82 Å². The van der Waals surface area contributed by atoms with E-state index in [0.717, 1.165) is 22.6 Å². The summed E-state index contributed by atoms with van der Waals surface area (Å²) < 4.78 is 5.92. The number of benzene rings is 2. The first-order valence-electron chi connectivity index (χ1n) is 7.57. The zero-order valence-electron chi connectivity index (χ0n) is 12.7. The molecule has 120 valence electrons. The molecule has 6 heteroatoms. The maximum absolute atomic E-state index is 11.8. The van der Waals surface area contributed by atoms with Crippen LogP contribution in [0.15, 0.2) is 60.8 Å². The van der Waals surface area contributed by atoms with E-state index < -0.39 is 0 Å². The van der Waals surface area contributed by atoms with E-state index in [1.807, 2.05) is 54.6 Å². The largest absolute Gasteiger partial charge is 0.457 e. The van der Waals surface area contributed by atoms with Gasteiger partial charge in [-0.2, -0.15) is 5.10 Å². The van der Waals surface area contributed by atoms with Crippen LogP contribution in [0.25, 0.3) is 0 Å². The second kappa shape index (κ2) is 6.41. The first kappa shape index (κ1) is 14.8. The van der Waals surface area contributed by atoms with Crippen molar-refractivity contribution in [1.29, 1.82) is 0 Å². The van der Waals surface area contributed by atoms with E-state index in [2.05, 4.69) is 15.5 Å². The number of H-pyrrole nitrogens is 1. The Balaban J connectivity index is 1.65. The van der Waals surface area contributed by atoms with Crippen LogP contribution in [0.1, 0.15) is 16.4 Å². The van der Waals surface area contributed by atoms with Crippen LogP contribution >= 0.6 is 11.8 Å². The Morgan fingerprint density at radius 3 is 2.79 bits per heavy atom. The summed E-state index contributed by atoms with van der Waals surface area (Å²) in [4.78, 5) is 11.8. The Kier molecular flexibility index (Phi) is 3.96. The summed E-state index contributed by atoms with van der Waals surface area (Å²) in [5.41, 5.74) is 2.05. The molecule has 1 aromatic heterocycles. The fourth-order valence-corrected chi connectivity index (χ4v) is 3.75. The van der Waals surface area contributed by atoms with Gasteiger partial charge >= 0.3 is 0 Å². The van der Waals surface area contributed by atoms with E-state index in [0.29, 0.717) is 11.6 Å². The highest BCUT2D eigenvalue weighted by Gasteiger charge is 2.25. The second-order valence-electron chi connectivity index (χ2n) is 5.43. The summed E-state index contributed by atoms with van der Waals surface area (Å²) in [7, 11) is 0. The van der Waals surface area contributed by atoms with E-state index in [4.69, 9.17) is 4.74 Å². The Morgan fingerprint density at radius 2 is 1.92 bits per heavy atom. The third-order valence-electron chi connectivity index (χ3n) is 3.74. The highest BCUT2D eigenvalue weighted by molar-refractivity contribution is 8.00. The van der Waals surface area contributed by atoms with Gasteiger partial charge in [0.1, 0.15) is 17.3 Å². The molecule has 0 spiro atoms. The number of carbonyl (C=O) groups is 1. The van der Waals surface area contributed by atoms with Crippen molar-refractivity contribution in [3.05, 3.63) is 71.9 Å². The number of ether oxygens (including phenoxy) is 1. The zero-order chi connectivity index (χ0) is 16.4. The molecule has 1 amide bonds. The van der Waals surface area contributed by atoms with E-state index in [1.165, 1.54) is 0 Å². The first-order chi connectivity index (χ1) is 11.8. The average molecular weight is 337 g/mol. The topological polar surface area (TPSA) is 67.0 Å². The number of amides is 1. The number of anilines is 1. The minimum absolute atomic E-state index is 0.0234. The number of nitrogens with zero attached hydrogens (tertiary/aromatic N) is 1.